The molecule has 0 radical (unpaired) electrons. The molecule has 6 heteroatoms. The number of nitrogens with one attached hydrogen (secondary N) is 2. The minimum atomic E-state index is 0.155. The summed E-state index contributed by atoms with van der Waals surface area (Å²) in [4.78, 5) is 18.8. The fourth-order valence-electron chi connectivity index (χ4n) is 4.21. The van der Waals surface area contributed by atoms with Gasteiger partial charge in [0.05, 0.1) is 6.10 Å². The Labute approximate surface area is 181 Å². The van der Waals surface area contributed by atoms with Gasteiger partial charge in [0, 0.05) is 45.4 Å². The first-order valence-electron chi connectivity index (χ1n) is 11.7. The van der Waals surface area contributed by atoms with Crippen LogP contribution in [-0.2, 0) is 11.3 Å². The van der Waals surface area contributed by atoms with Gasteiger partial charge in [0.1, 0.15) is 0 Å². The average molecular weight is 415 g/mol. The molecule has 6 nitrogen and oxygen atoms in total. The van der Waals surface area contributed by atoms with Crippen molar-refractivity contribution in [2.24, 2.45) is 4.99 Å². The Morgan fingerprint density at radius 3 is 2.43 bits per heavy atom. The van der Waals surface area contributed by atoms with E-state index in [4.69, 9.17) is 4.74 Å². The fraction of sp³-hybridized carbons (Fsp3) is 0.667. The molecule has 1 aromatic carbocycles. The summed E-state index contributed by atoms with van der Waals surface area (Å²) in [5, 5.41) is 6.69. The second-order valence-electron chi connectivity index (χ2n) is 8.39. The molecule has 166 valence electrons. The molecule has 0 aromatic heterocycles. The number of ether oxygens (including phenoxy) is 1. The lowest BCUT2D eigenvalue weighted by atomic mass is 9.98. The molecular weight excluding hydrogens is 376 g/mol. The first kappa shape index (κ1) is 22.6. The van der Waals surface area contributed by atoms with E-state index in [1.165, 1.54) is 38.5 Å². The van der Waals surface area contributed by atoms with Crippen molar-refractivity contribution in [2.75, 3.05) is 33.3 Å². The second kappa shape index (κ2) is 12.6. The van der Waals surface area contributed by atoms with Gasteiger partial charge < -0.3 is 20.3 Å². The maximum absolute atomic E-state index is 12.6. The zero-order valence-electron chi connectivity index (χ0n) is 18.5. The Kier molecular flexibility index (Phi) is 9.48. The monoisotopic (exact) mass is 414 g/mol. The van der Waals surface area contributed by atoms with Crippen LogP contribution in [0.1, 0.15) is 73.7 Å². The van der Waals surface area contributed by atoms with Crippen LogP contribution >= 0.6 is 0 Å². The molecule has 2 aliphatic rings. The molecule has 1 amide bonds. The second-order valence-corrected chi connectivity index (χ2v) is 8.39. The van der Waals surface area contributed by atoms with Gasteiger partial charge in [-0.25, -0.2) is 0 Å². The molecule has 0 unspecified atom stereocenters. The number of carbonyl (C=O) groups is 1. The summed E-state index contributed by atoms with van der Waals surface area (Å²) in [5.74, 6) is 0.947. The van der Waals surface area contributed by atoms with Gasteiger partial charge in [-0.3, -0.25) is 9.79 Å². The van der Waals surface area contributed by atoms with Crippen LogP contribution in [0.5, 0.6) is 0 Å². The highest BCUT2D eigenvalue weighted by molar-refractivity contribution is 5.94. The van der Waals surface area contributed by atoms with Gasteiger partial charge in [0.25, 0.3) is 5.91 Å². The maximum Gasteiger partial charge on any atom is 0.253 e. The van der Waals surface area contributed by atoms with E-state index in [2.05, 4.69) is 15.6 Å². The Morgan fingerprint density at radius 1 is 1.03 bits per heavy atom. The van der Waals surface area contributed by atoms with E-state index in [1.807, 2.05) is 29.2 Å². The zero-order valence-corrected chi connectivity index (χ0v) is 18.5. The first-order chi connectivity index (χ1) is 14.8. The summed E-state index contributed by atoms with van der Waals surface area (Å²) >= 11 is 0. The smallest absolute Gasteiger partial charge is 0.253 e. The third-order valence-corrected chi connectivity index (χ3v) is 6.05. The van der Waals surface area contributed by atoms with Crippen molar-refractivity contribution in [2.45, 2.75) is 70.4 Å². The Hall–Kier alpha value is -2.08. The van der Waals surface area contributed by atoms with E-state index in [9.17, 15) is 4.79 Å². The van der Waals surface area contributed by atoms with Crippen LogP contribution in [-0.4, -0.2) is 56.2 Å². The van der Waals surface area contributed by atoms with Crippen LogP contribution in [0.2, 0.25) is 0 Å². The number of nitrogens with zero attached hydrogens (tertiary/aromatic N) is 2. The highest BCUT2D eigenvalue weighted by Crippen LogP contribution is 2.20. The summed E-state index contributed by atoms with van der Waals surface area (Å²) in [7, 11) is 1.79. The van der Waals surface area contributed by atoms with Gasteiger partial charge in [0.2, 0.25) is 0 Å². The largest absolute Gasteiger partial charge is 0.378 e. The Bertz CT molecular complexity index is 662. The third kappa shape index (κ3) is 7.31. The van der Waals surface area contributed by atoms with Crippen molar-refractivity contribution in [3.8, 4) is 0 Å². The van der Waals surface area contributed by atoms with Crippen molar-refractivity contribution in [1.82, 2.24) is 15.5 Å². The number of guanidine groups is 1. The quantitative estimate of drug-likeness (QED) is 0.387. The van der Waals surface area contributed by atoms with E-state index < -0.39 is 0 Å². The summed E-state index contributed by atoms with van der Waals surface area (Å²) in [5.41, 5.74) is 1.91. The number of hydrogen-bond acceptors (Lipinski definition) is 3. The molecule has 30 heavy (non-hydrogen) atoms. The van der Waals surface area contributed by atoms with Gasteiger partial charge in [0.15, 0.2) is 5.96 Å². The summed E-state index contributed by atoms with van der Waals surface area (Å²) in [6.07, 6.45) is 11.3. The molecule has 0 spiro atoms. The summed E-state index contributed by atoms with van der Waals surface area (Å²) in [6, 6.07) is 7.92. The highest BCUT2D eigenvalue weighted by atomic mass is 16.5. The van der Waals surface area contributed by atoms with E-state index >= 15 is 0 Å². The minimum Gasteiger partial charge on any atom is -0.378 e. The number of hydrogen-bond donors (Lipinski definition) is 2. The highest BCUT2D eigenvalue weighted by Gasteiger charge is 2.18. The van der Waals surface area contributed by atoms with Crippen molar-refractivity contribution in [1.29, 1.82) is 0 Å². The number of likely N-dealkylation sites (tertiary alicyclic amines) is 1. The van der Waals surface area contributed by atoms with Crippen LogP contribution in [0, 0.1) is 0 Å². The SMILES string of the molecule is CN=C(NCCCOC1CCCCC1)NCc1ccc(C(=O)N2CCCCC2)cc1. The molecular formula is C24H38N4O2. The van der Waals surface area contributed by atoms with Crippen molar-refractivity contribution in [3.63, 3.8) is 0 Å². The molecule has 2 fully saturated rings. The number of piperidine rings is 1. The summed E-state index contributed by atoms with van der Waals surface area (Å²) in [6.45, 7) is 4.10. The lowest BCUT2D eigenvalue weighted by Gasteiger charge is -2.26. The summed E-state index contributed by atoms with van der Waals surface area (Å²) < 4.78 is 5.97. The average Bonchev–Trinajstić information content (AvgIpc) is 2.82. The third-order valence-electron chi connectivity index (χ3n) is 6.05. The van der Waals surface area contributed by atoms with Gasteiger partial charge in [-0.2, -0.15) is 0 Å². The number of benzene rings is 1. The maximum atomic E-state index is 12.6. The molecule has 0 bridgehead atoms. The van der Waals surface area contributed by atoms with Gasteiger partial charge in [-0.05, 0) is 56.2 Å². The lowest BCUT2D eigenvalue weighted by molar-refractivity contribution is 0.0277. The van der Waals surface area contributed by atoms with E-state index in [0.29, 0.717) is 12.6 Å². The van der Waals surface area contributed by atoms with E-state index in [0.717, 1.165) is 62.6 Å². The fourth-order valence-corrected chi connectivity index (χ4v) is 4.21. The van der Waals surface area contributed by atoms with Gasteiger partial charge >= 0.3 is 0 Å². The van der Waals surface area contributed by atoms with Crippen molar-refractivity contribution in [3.05, 3.63) is 35.4 Å². The van der Waals surface area contributed by atoms with Crippen molar-refractivity contribution < 1.29 is 9.53 Å². The molecule has 2 N–H and O–H groups in total. The Morgan fingerprint density at radius 2 is 1.73 bits per heavy atom. The lowest BCUT2D eigenvalue weighted by Crippen LogP contribution is -2.37. The molecule has 1 saturated carbocycles. The molecule has 1 heterocycles. The number of amides is 1. The van der Waals surface area contributed by atoms with Crippen LogP contribution in [0.15, 0.2) is 29.3 Å². The van der Waals surface area contributed by atoms with Crippen LogP contribution in [0.3, 0.4) is 0 Å². The molecule has 1 aromatic rings. The molecule has 3 rings (SSSR count). The zero-order chi connectivity index (χ0) is 21.0. The van der Waals surface area contributed by atoms with E-state index in [-0.39, 0.29) is 5.91 Å². The van der Waals surface area contributed by atoms with Crippen molar-refractivity contribution >= 4 is 11.9 Å². The predicted octanol–water partition coefficient (Wildman–Crippen LogP) is 3.72. The normalized spacial score (nSPS) is 18.3. The number of carbonyl (C=O) groups excluding carboxylic acids is 1. The first-order valence-corrected chi connectivity index (χ1v) is 11.7. The van der Waals surface area contributed by atoms with Crippen LogP contribution in [0.25, 0.3) is 0 Å². The van der Waals surface area contributed by atoms with Crippen LogP contribution in [0.4, 0.5) is 0 Å². The predicted molar refractivity (Wildman–Crippen MR) is 122 cm³/mol. The molecule has 1 aliphatic heterocycles. The number of rotatable bonds is 8. The van der Waals surface area contributed by atoms with E-state index in [1.54, 1.807) is 7.05 Å². The van der Waals surface area contributed by atoms with Crippen LogP contribution < -0.4 is 10.6 Å². The number of aliphatic imine (C=N–C) groups is 1. The van der Waals surface area contributed by atoms with Gasteiger partial charge in [-0.1, -0.05) is 31.4 Å². The molecule has 0 atom stereocenters. The topological polar surface area (TPSA) is 66.0 Å². The van der Waals surface area contributed by atoms with Gasteiger partial charge in [-0.15, -0.1) is 0 Å². The molecule has 1 aliphatic carbocycles. The standard InChI is InChI=1S/C24H38N4O2/c1-25-24(26-15-8-18-30-22-9-4-2-5-10-22)27-19-20-11-13-21(14-12-20)23(29)28-16-6-3-7-17-28/h11-14,22H,2-10,15-19H2,1H3,(H2,25,26,27). The minimum absolute atomic E-state index is 0.155. The Balaban J connectivity index is 1.33. The molecule has 1 saturated heterocycles.